The molecule has 1 aromatic heterocycles. The molecule has 0 fully saturated rings. The fourth-order valence-corrected chi connectivity index (χ4v) is 4.37. The fraction of sp³-hybridized carbons (Fsp3) is 0.174. The third-order valence-electron chi connectivity index (χ3n) is 4.63. The molecule has 0 saturated heterocycles. The molecule has 124 valence electrons. The summed E-state index contributed by atoms with van der Waals surface area (Å²) in [5.74, 6) is 0.501. The lowest BCUT2D eigenvalue weighted by Crippen LogP contribution is -1.93. The molecule has 0 aliphatic carbocycles. The lowest BCUT2D eigenvalue weighted by molar-refractivity contribution is 0.869. The van der Waals surface area contributed by atoms with Gasteiger partial charge in [0.2, 0.25) is 0 Å². The Bertz CT molecular complexity index is 1030. The van der Waals surface area contributed by atoms with E-state index >= 15 is 0 Å². The number of hydrogen-bond acceptors (Lipinski definition) is 2. The van der Waals surface area contributed by atoms with Gasteiger partial charge in [-0.1, -0.05) is 68.4 Å². The summed E-state index contributed by atoms with van der Waals surface area (Å²) in [6, 6.07) is 23.7. The molecule has 1 heterocycles. The second-order valence-corrected chi connectivity index (χ2v) is 7.79. The van der Waals surface area contributed by atoms with E-state index < -0.39 is 0 Å². The van der Waals surface area contributed by atoms with E-state index in [-0.39, 0.29) is 0 Å². The van der Waals surface area contributed by atoms with Crippen LogP contribution in [0, 0.1) is 6.92 Å². The lowest BCUT2D eigenvalue weighted by atomic mass is 9.90. The molecule has 0 amide bonds. The number of aromatic nitrogens is 1. The Kier molecular flexibility index (Phi) is 4.14. The van der Waals surface area contributed by atoms with Crippen molar-refractivity contribution >= 4 is 21.6 Å². The Morgan fingerprint density at radius 1 is 0.840 bits per heavy atom. The van der Waals surface area contributed by atoms with Gasteiger partial charge in [0, 0.05) is 5.56 Å². The quantitative estimate of drug-likeness (QED) is 0.388. The molecule has 0 atom stereocenters. The number of aryl methyl sites for hydroxylation is 1. The molecule has 4 rings (SSSR count). The topological polar surface area (TPSA) is 12.9 Å². The summed E-state index contributed by atoms with van der Waals surface area (Å²) in [5.41, 5.74) is 7.59. The molecule has 0 bridgehead atoms. The Morgan fingerprint density at radius 3 is 2.32 bits per heavy atom. The van der Waals surface area contributed by atoms with Crippen molar-refractivity contribution in [2.75, 3.05) is 0 Å². The largest absolute Gasteiger partial charge is 0.236 e. The van der Waals surface area contributed by atoms with E-state index in [0.717, 1.165) is 10.5 Å². The van der Waals surface area contributed by atoms with Gasteiger partial charge in [-0.2, -0.15) is 0 Å². The molecule has 0 aliphatic rings. The average molecular weight is 343 g/mol. The third kappa shape index (κ3) is 2.98. The predicted octanol–water partition coefficient (Wildman–Crippen LogP) is 7.06. The van der Waals surface area contributed by atoms with Crippen molar-refractivity contribution in [1.29, 1.82) is 0 Å². The molecule has 2 heteroatoms. The third-order valence-corrected chi connectivity index (χ3v) is 5.70. The molecule has 0 spiro atoms. The first-order chi connectivity index (χ1) is 12.1. The van der Waals surface area contributed by atoms with Crippen LogP contribution >= 0.6 is 11.3 Å². The monoisotopic (exact) mass is 343 g/mol. The minimum atomic E-state index is 0.501. The van der Waals surface area contributed by atoms with E-state index in [1.54, 1.807) is 11.3 Å². The van der Waals surface area contributed by atoms with Crippen LogP contribution in [0.2, 0.25) is 0 Å². The minimum Gasteiger partial charge on any atom is -0.236 e. The highest BCUT2D eigenvalue weighted by Crippen LogP contribution is 2.37. The van der Waals surface area contributed by atoms with Gasteiger partial charge in [0.15, 0.2) is 0 Å². The first-order valence-corrected chi connectivity index (χ1v) is 9.51. The van der Waals surface area contributed by atoms with Crippen molar-refractivity contribution in [1.82, 2.24) is 4.98 Å². The first-order valence-electron chi connectivity index (χ1n) is 8.69. The maximum absolute atomic E-state index is 4.90. The summed E-state index contributed by atoms with van der Waals surface area (Å²) in [6.07, 6.45) is 0. The predicted molar refractivity (Wildman–Crippen MR) is 109 cm³/mol. The number of fused-ring (bicyclic) bond motifs is 1. The SMILES string of the molecule is Cc1cc2sc(-c3ccccc3)nc2cc1-c1ccccc1C(C)C. The van der Waals surface area contributed by atoms with Crippen LogP contribution in [-0.4, -0.2) is 4.98 Å². The lowest BCUT2D eigenvalue weighted by Gasteiger charge is -2.14. The van der Waals surface area contributed by atoms with Crippen molar-refractivity contribution in [3.8, 4) is 21.7 Å². The van der Waals surface area contributed by atoms with Gasteiger partial charge < -0.3 is 0 Å². The summed E-state index contributed by atoms with van der Waals surface area (Å²) < 4.78 is 1.25. The smallest absolute Gasteiger partial charge is 0.124 e. The van der Waals surface area contributed by atoms with E-state index in [1.807, 2.05) is 6.07 Å². The molecule has 0 radical (unpaired) electrons. The maximum atomic E-state index is 4.90. The average Bonchev–Trinajstić information content (AvgIpc) is 3.04. The van der Waals surface area contributed by atoms with Crippen molar-refractivity contribution in [3.63, 3.8) is 0 Å². The zero-order valence-corrected chi connectivity index (χ0v) is 15.6. The van der Waals surface area contributed by atoms with E-state index in [0.29, 0.717) is 5.92 Å². The van der Waals surface area contributed by atoms with Gasteiger partial charge in [0.25, 0.3) is 0 Å². The van der Waals surface area contributed by atoms with Crippen molar-refractivity contribution < 1.29 is 0 Å². The standard InChI is InChI=1S/C23H21NS/c1-15(2)18-11-7-8-12-19(18)20-14-21-22(13-16(20)3)25-23(24-21)17-9-5-4-6-10-17/h4-15H,1-3H3. The number of rotatable bonds is 3. The van der Waals surface area contributed by atoms with Gasteiger partial charge >= 0.3 is 0 Å². The first kappa shape index (κ1) is 16.0. The zero-order valence-electron chi connectivity index (χ0n) is 14.8. The van der Waals surface area contributed by atoms with Crippen LogP contribution in [0.4, 0.5) is 0 Å². The van der Waals surface area contributed by atoms with Gasteiger partial charge in [-0.25, -0.2) is 4.98 Å². The number of hydrogen-bond donors (Lipinski definition) is 0. The van der Waals surface area contributed by atoms with E-state index in [9.17, 15) is 0 Å². The summed E-state index contributed by atoms with van der Waals surface area (Å²) in [7, 11) is 0. The molecule has 0 aliphatic heterocycles. The van der Waals surface area contributed by atoms with Crippen LogP contribution in [-0.2, 0) is 0 Å². The summed E-state index contributed by atoms with van der Waals surface area (Å²) in [6.45, 7) is 6.71. The molecule has 25 heavy (non-hydrogen) atoms. The van der Waals surface area contributed by atoms with Crippen LogP contribution in [0.15, 0.2) is 66.7 Å². The Morgan fingerprint density at radius 2 is 1.56 bits per heavy atom. The molecule has 4 aromatic rings. The van der Waals surface area contributed by atoms with Crippen molar-refractivity contribution in [2.24, 2.45) is 0 Å². The summed E-state index contributed by atoms with van der Waals surface area (Å²) in [4.78, 5) is 4.90. The molecular formula is C23H21NS. The maximum Gasteiger partial charge on any atom is 0.124 e. The highest BCUT2D eigenvalue weighted by molar-refractivity contribution is 7.21. The second-order valence-electron chi connectivity index (χ2n) is 6.76. The Hall–Kier alpha value is -2.45. The van der Waals surface area contributed by atoms with Gasteiger partial charge in [-0.05, 0) is 47.2 Å². The summed E-state index contributed by atoms with van der Waals surface area (Å²) >= 11 is 1.77. The van der Waals surface area contributed by atoms with Crippen LogP contribution in [0.1, 0.15) is 30.9 Å². The van der Waals surface area contributed by atoms with E-state index in [1.165, 1.54) is 32.5 Å². The van der Waals surface area contributed by atoms with Crippen LogP contribution in [0.5, 0.6) is 0 Å². The van der Waals surface area contributed by atoms with Crippen molar-refractivity contribution in [2.45, 2.75) is 26.7 Å². The van der Waals surface area contributed by atoms with Crippen LogP contribution in [0.25, 0.3) is 31.9 Å². The van der Waals surface area contributed by atoms with Gasteiger partial charge in [0.1, 0.15) is 5.01 Å². The Balaban J connectivity index is 1.88. The highest BCUT2D eigenvalue weighted by Gasteiger charge is 2.13. The molecular weight excluding hydrogens is 322 g/mol. The molecule has 0 N–H and O–H groups in total. The van der Waals surface area contributed by atoms with E-state index in [4.69, 9.17) is 4.98 Å². The van der Waals surface area contributed by atoms with Gasteiger partial charge in [-0.15, -0.1) is 11.3 Å². The second kappa shape index (κ2) is 6.45. The van der Waals surface area contributed by atoms with Gasteiger partial charge in [0.05, 0.1) is 10.2 Å². The van der Waals surface area contributed by atoms with Crippen LogP contribution in [0.3, 0.4) is 0 Å². The summed E-state index contributed by atoms with van der Waals surface area (Å²) in [5, 5.41) is 1.09. The zero-order chi connectivity index (χ0) is 17.4. The molecule has 0 saturated carbocycles. The van der Waals surface area contributed by atoms with Gasteiger partial charge in [-0.3, -0.25) is 0 Å². The minimum absolute atomic E-state index is 0.501. The van der Waals surface area contributed by atoms with E-state index in [2.05, 4.69) is 81.4 Å². The molecule has 3 aromatic carbocycles. The molecule has 0 unspecified atom stereocenters. The number of nitrogens with zero attached hydrogens (tertiary/aromatic N) is 1. The number of benzene rings is 3. The highest BCUT2D eigenvalue weighted by atomic mass is 32.1. The van der Waals surface area contributed by atoms with Crippen molar-refractivity contribution in [3.05, 3.63) is 77.9 Å². The van der Waals surface area contributed by atoms with Crippen LogP contribution < -0.4 is 0 Å². The normalized spacial score (nSPS) is 11.4. The fourth-order valence-electron chi connectivity index (χ4n) is 3.32. The molecule has 1 nitrogen and oxygen atoms in total. The number of thiazole rings is 1. The Labute approximate surface area is 153 Å².